The van der Waals surface area contributed by atoms with E-state index in [9.17, 15) is 4.79 Å². The van der Waals surface area contributed by atoms with Crippen LogP contribution in [0.3, 0.4) is 0 Å². The van der Waals surface area contributed by atoms with Crippen LogP contribution in [0, 0.1) is 0 Å². The molecular formula is C8H8N4OS. The van der Waals surface area contributed by atoms with E-state index in [-0.39, 0.29) is 5.91 Å². The van der Waals surface area contributed by atoms with Gasteiger partial charge in [-0.2, -0.15) is 26.7 Å². The number of nitrogens with zero attached hydrogens (tertiary/aromatic N) is 2. The summed E-state index contributed by atoms with van der Waals surface area (Å²) in [7, 11) is 0. The van der Waals surface area contributed by atoms with Gasteiger partial charge in [0.2, 0.25) is 0 Å². The molecule has 2 N–H and O–H groups in total. The lowest BCUT2D eigenvalue weighted by Crippen LogP contribution is -2.22. The fourth-order valence-corrected chi connectivity index (χ4v) is 1.61. The summed E-state index contributed by atoms with van der Waals surface area (Å²) in [5.41, 5.74) is 1.40. The number of aromatic amines is 1. The topological polar surface area (TPSA) is 70.7 Å². The Labute approximate surface area is 84.2 Å². The van der Waals surface area contributed by atoms with Gasteiger partial charge in [-0.3, -0.25) is 4.79 Å². The molecule has 0 unspecified atom stereocenters. The minimum absolute atomic E-state index is 0.0887. The van der Waals surface area contributed by atoms with Gasteiger partial charge < -0.3 is 5.32 Å². The average molecular weight is 208 g/mol. The summed E-state index contributed by atoms with van der Waals surface area (Å²) in [6.45, 7) is 0.394. The minimum Gasteiger partial charge on any atom is -0.346 e. The number of carbonyl (C=O) groups is 1. The second kappa shape index (κ2) is 4.01. The quantitative estimate of drug-likeness (QED) is 0.783. The molecule has 1 amide bonds. The lowest BCUT2D eigenvalue weighted by molar-refractivity contribution is 0.0951. The summed E-state index contributed by atoms with van der Waals surface area (Å²) >= 11 is 1.50. The van der Waals surface area contributed by atoms with E-state index in [1.165, 1.54) is 11.3 Å². The van der Waals surface area contributed by atoms with Crippen molar-refractivity contribution in [3.05, 3.63) is 34.3 Å². The summed E-state index contributed by atoms with van der Waals surface area (Å²) in [6.07, 6.45) is 1.58. The minimum atomic E-state index is -0.0887. The standard InChI is InChI=1S/C8H8N4OS/c13-8(6-1-2-14-5-6)9-3-7-4-10-12-11-7/h1-2,4-5H,3H2,(H,9,13)(H,10,11,12). The molecule has 5 nitrogen and oxygen atoms in total. The Hall–Kier alpha value is -1.69. The highest BCUT2D eigenvalue weighted by atomic mass is 32.1. The van der Waals surface area contributed by atoms with Crippen LogP contribution in [0.2, 0.25) is 0 Å². The molecule has 0 aromatic carbocycles. The lowest BCUT2D eigenvalue weighted by Gasteiger charge is -1.99. The third kappa shape index (κ3) is 1.97. The molecule has 0 aliphatic carbocycles. The van der Waals surface area contributed by atoms with Gasteiger partial charge in [-0.1, -0.05) is 0 Å². The van der Waals surface area contributed by atoms with E-state index in [2.05, 4.69) is 20.7 Å². The number of nitrogens with one attached hydrogen (secondary N) is 2. The maximum Gasteiger partial charge on any atom is 0.252 e. The molecule has 0 radical (unpaired) electrons. The Morgan fingerprint density at radius 2 is 2.57 bits per heavy atom. The van der Waals surface area contributed by atoms with Crippen molar-refractivity contribution in [2.75, 3.05) is 0 Å². The van der Waals surface area contributed by atoms with Gasteiger partial charge in [0.15, 0.2) is 0 Å². The highest BCUT2D eigenvalue weighted by molar-refractivity contribution is 7.08. The van der Waals surface area contributed by atoms with Gasteiger partial charge in [-0.25, -0.2) is 0 Å². The molecule has 0 fully saturated rings. The van der Waals surface area contributed by atoms with E-state index in [1.54, 1.807) is 17.6 Å². The normalized spacial score (nSPS) is 10.0. The highest BCUT2D eigenvalue weighted by Gasteiger charge is 2.05. The summed E-state index contributed by atoms with van der Waals surface area (Å²) < 4.78 is 0. The first kappa shape index (κ1) is 8.89. The molecule has 72 valence electrons. The van der Waals surface area contributed by atoms with Gasteiger partial charge in [0.25, 0.3) is 5.91 Å². The van der Waals surface area contributed by atoms with E-state index >= 15 is 0 Å². The molecule has 0 aliphatic heterocycles. The van der Waals surface area contributed by atoms with Crippen LogP contribution in [0.1, 0.15) is 16.1 Å². The van der Waals surface area contributed by atoms with Crippen molar-refractivity contribution >= 4 is 17.2 Å². The molecule has 0 aliphatic rings. The average Bonchev–Trinajstić information content (AvgIpc) is 2.87. The smallest absolute Gasteiger partial charge is 0.252 e. The van der Waals surface area contributed by atoms with Gasteiger partial charge in [-0.15, -0.1) is 0 Å². The molecule has 0 atom stereocenters. The molecule has 14 heavy (non-hydrogen) atoms. The van der Waals surface area contributed by atoms with Crippen molar-refractivity contribution in [2.24, 2.45) is 0 Å². The maximum atomic E-state index is 11.4. The Morgan fingerprint density at radius 3 is 3.21 bits per heavy atom. The van der Waals surface area contributed by atoms with Crippen LogP contribution >= 0.6 is 11.3 Å². The van der Waals surface area contributed by atoms with E-state index in [0.29, 0.717) is 17.8 Å². The number of rotatable bonds is 3. The van der Waals surface area contributed by atoms with Crippen molar-refractivity contribution in [1.82, 2.24) is 20.7 Å². The second-order valence-electron chi connectivity index (χ2n) is 2.66. The summed E-state index contributed by atoms with van der Waals surface area (Å²) in [5, 5.41) is 16.3. The van der Waals surface area contributed by atoms with Gasteiger partial charge >= 0.3 is 0 Å². The Balaban J connectivity index is 1.90. The van der Waals surface area contributed by atoms with Crippen molar-refractivity contribution < 1.29 is 4.79 Å². The Bertz CT molecular complexity index is 395. The van der Waals surface area contributed by atoms with Gasteiger partial charge in [0, 0.05) is 10.9 Å². The molecule has 0 spiro atoms. The molecule has 6 heteroatoms. The highest BCUT2D eigenvalue weighted by Crippen LogP contribution is 2.05. The van der Waals surface area contributed by atoms with Crippen LogP contribution in [0.4, 0.5) is 0 Å². The van der Waals surface area contributed by atoms with Crippen LogP contribution in [0.15, 0.2) is 23.0 Å². The fourth-order valence-electron chi connectivity index (χ4n) is 0.977. The number of amides is 1. The molecule has 2 rings (SSSR count). The predicted octanol–water partition coefficient (Wildman–Crippen LogP) is 0.796. The Morgan fingerprint density at radius 1 is 1.64 bits per heavy atom. The van der Waals surface area contributed by atoms with E-state index in [1.807, 2.05) is 5.38 Å². The van der Waals surface area contributed by atoms with Gasteiger partial charge in [0.1, 0.15) is 5.69 Å². The van der Waals surface area contributed by atoms with Crippen LogP contribution in [-0.4, -0.2) is 21.3 Å². The van der Waals surface area contributed by atoms with Crippen molar-refractivity contribution in [3.63, 3.8) is 0 Å². The first-order valence-corrected chi connectivity index (χ1v) is 4.95. The van der Waals surface area contributed by atoms with Gasteiger partial charge in [0.05, 0.1) is 12.7 Å². The van der Waals surface area contributed by atoms with Crippen molar-refractivity contribution in [1.29, 1.82) is 0 Å². The number of carbonyl (C=O) groups excluding carboxylic acids is 1. The maximum absolute atomic E-state index is 11.4. The summed E-state index contributed by atoms with van der Waals surface area (Å²) in [6, 6.07) is 1.78. The van der Waals surface area contributed by atoms with E-state index < -0.39 is 0 Å². The number of hydrogen-bond donors (Lipinski definition) is 2. The zero-order valence-electron chi connectivity index (χ0n) is 7.23. The SMILES string of the molecule is O=C(NCc1cn[nH]n1)c1ccsc1. The van der Waals surface area contributed by atoms with Crippen LogP contribution < -0.4 is 5.32 Å². The van der Waals surface area contributed by atoms with Crippen molar-refractivity contribution in [3.8, 4) is 0 Å². The Kier molecular flexibility index (Phi) is 2.55. The molecule has 0 bridgehead atoms. The van der Waals surface area contributed by atoms with Gasteiger partial charge in [-0.05, 0) is 11.4 Å². The third-order valence-corrected chi connectivity index (χ3v) is 2.36. The van der Waals surface area contributed by atoms with E-state index in [0.717, 1.165) is 0 Å². The van der Waals surface area contributed by atoms with Crippen LogP contribution in [-0.2, 0) is 6.54 Å². The largest absolute Gasteiger partial charge is 0.346 e. The summed E-state index contributed by atoms with van der Waals surface area (Å²) in [5.74, 6) is -0.0887. The first-order chi connectivity index (χ1) is 6.86. The zero-order valence-corrected chi connectivity index (χ0v) is 8.04. The summed E-state index contributed by atoms with van der Waals surface area (Å²) in [4.78, 5) is 11.4. The number of thiophene rings is 1. The fraction of sp³-hybridized carbons (Fsp3) is 0.125. The molecule has 2 aromatic rings. The number of H-pyrrole nitrogens is 1. The van der Waals surface area contributed by atoms with Crippen LogP contribution in [0.25, 0.3) is 0 Å². The van der Waals surface area contributed by atoms with Crippen molar-refractivity contribution in [2.45, 2.75) is 6.54 Å². The third-order valence-electron chi connectivity index (χ3n) is 1.68. The molecule has 0 saturated carbocycles. The molecular weight excluding hydrogens is 200 g/mol. The molecule has 2 aromatic heterocycles. The molecule has 2 heterocycles. The zero-order chi connectivity index (χ0) is 9.80. The predicted molar refractivity (Wildman–Crippen MR) is 51.9 cm³/mol. The lowest BCUT2D eigenvalue weighted by atomic mass is 10.3. The first-order valence-electron chi connectivity index (χ1n) is 4.01. The second-order valence-corrected chi connectivity index (χ2v) is 3.44. The monoisotopic (exact) mass is 208 g/mol. The van der Waals surface area contributed by atoms with E-state index in [4.69, 9.17) is 0 Å². The van der Waals surface area contributed by atoms with Crippen LogP contribution in [0.5, 0.6) is 0 Å². The number of aromatic nitrogens is 3. The number of hydrogen-bond acceptors (Lipinski definition) is 4. The molecule has 0 saturated heterocycles.